The molecule has 1 amide bonds. The Labute approximate surface area is 164 Å². The number of ether oxygens (including phenoxy) is 2. The van der Waals surface area contributed by atoms with Crippen LogP contribution in [0.5, 0.6) is 11.5 Å². The maximum absolute atomic E-state index is 13.7. The summed E-state index contributed by atoms with van der Waals surface area (Å²) in [7, 11) is 0. The normalized spacial score (nSPS) is 20.8. The molecule has 0 aliphatic carbocycles. The molecular weight excluding hydrogens is 359 g/mol. The molecule has 2 aliphatic heterocycles. The van der Waals surface area contributed by atoms with Crippen LogP contribution in [0.1, 0.15) is 30.0 Å². The van der Waals surface area contributed by atoms with E-state index in [-0.39, 0.29) is 17.8 Å². The van der Waals surface area contributed by atoms with Crippen molar-refractivity contribution in [2.24, 2.45) is 0 Å². The van der Waals surface area contributed by atoms with Crippen molar-refractivity contribution in [2.45, 2.75) is 25.3 Å². The number of quaternary nitrogens is 1. The standard InChI is InChI=1S/C22H25FN2O3/c23-18-5-2-1-4-16(18)9-10-24-22(26)15-25-11-3-6-19(25)17-7-8-20-21(14-17)28-13-12-27-20/h1-2,4-5,7-8,14,19H,3,6,9-13,15H2,(H,24,26)/p+1/t19-/m1/s1. The number of fused-ring (bicyclic) bond motifs is 1. The minimum Gasteiger partial charge on any atom is -0.486 e. The fourth-order valence-corrected chi connectivity index (χ4v) is 4.11. The van der Waals surface area contributed by atoms with Crippen molar-refractivity contribution in [3.8, 4) is 11.5 Å². The summed E-state index contributed by atoms with van der Waals surface area (Å²) >= 11 is 0. The molecule has 0 spiro atoms. The number of amides is 1. The minimum absolute atomic E-state index is 0.00998. The molecule has 2 aromatic rings. The van der Waals surface area contributed by atoms with Gasteiger partial charge in [-0.2, -0.15) is 0 Å². The minimum atomic E-state index is -0.222. The van der Waals surface area contributed by atoms with Crippen molar-refractivity contribution in [1.29, 1.82) is 0 Å². The molecule has 0 aromatic heterocycles. The predicted octanol–water partition coefficient (Wildman–Crippen LogP) is 1.68. The molecule has 6 heteroatoms. The van der Waals surface area contributed by atoms with Gasteiger partial charge in [-0.1, -0.05) is 18.2 Å². The first-order valence-corrected chi connectivity index (χ1v) is 9.95. The lowest BCUT2D eigenvalue weighted by Crippen LogP contribution is -3.11. The number of nitrogens with one attached hydrogen (secondary N) is 2. The Morgan fingerprint density at radius 3 is 2.82 bits per heavy atom. The highest BCUT2D eigenvalue weighted by molar-refractivity contribution is 5.76. The lowest BCUT2D eigenvalue weighted by atomic mass is 10.0. The van der Waals surface area contributed by atoms with Crippen LogP contribution in [-0.4, -0.2) is 38.8 Å². The Morgan fingerprint density at radius 2 is 1.96 bits per heavy atom. The van der Waals surface area contributed by atoms with E-state index in [1.807, 2.05) is 12.1 Å². The van der Waals surface area contributed by atoms with Crippen molar-refractivity contribution in [1.82, 2.24) is 5.32 Å². The van der Waals surface area contributed by atoms with Crippen LogP contribution in [0.3, 0.4) is 0 Å². The molecule has 2 aromatic carbocycles. The second-order valence-corrected chi connectivity index (χ2v) is 7.37. The summed E-state index contributed by atoms with van der Waals surface area (Å²) in [6, 6.07) is 13.1. The average molecular weight is 385 g/mol. The van der Waals surface area contributed by atoms with Crippen LogP contribution in [-0.2, 0) is 11.2 Å². The van der Waals surface area contributed by atoms with Crippen LogP contribution in [0.25, 0.3) is 0 Å². The van der Waals surface area contributed by atoms with Gasteiger partial charge in [-0.25, -0.2) is 4.39 Å². The number of hydrogen-bond donors (Lipinski definition) is 2. The van der Waals surface area contributed by atoms with Gasteiger partial charge in [-0.05, 0) is 36.2 Å². The Hall–Kier alpha value is -2.60. The molecule has 5 nitrogen and oxygen atoms in total. The number of hydrogen-bond acceptors (Lipinski definition) is 3. The van der Waals surface area contributed by atoms with E-state index in [9.17, 15) is 9.18 Å². The monoisotopic (exact) mass is 385 g/mol. The molecule has 4 rings (SSSR count). The van der Waals surface area contributed by atoms with Crippen molar-refractivity contribution in [3.63, 3.8) is 0 Å². The maximum Gasteiger partial charge on any atom is 0.275 e. The van der Waals surface area contributed by atoms with Crippen LogP contribution in [0.2, 0.25) is 0 Å². The number of benzene rings is 2. The van der Waals surface area contributed by atoms with Crippen molar-refractivity contribution in [3.05, 3.63) is 59.4 Å². The third-order valence-corrected chi connectivity index (χ3v) is 5.51. The summed E-state index contributed by atoms with van der Waals surface area (Å²) in [5.74, 6) is 1.38. The first-order chi connectivity index (χ1) is 13.7. The zero-order valence-electron chi connectivity index (χ0n) is 15.9. The number of carbonyl (C=O) groups is 1. The molecule has 0 saturated carbocycles. The van der Waals surface area contributed by atoms with E-state index in [0.29, 0.717) is 38.3 Å². The fourth-order valence-electron chi connectivity index (χ4n) is 4.11. The van der Waals surface area contributed by atoms with Gasteiger partial charge in [0.15, 0.2) is 18.0 Å². The van der Waals surface area contributed by atoms with Gasteiger partial charge >= 0.3 is 0 Å². The predicted molar refractivity (Wildman–Crippen MR) is 103 cm³/mol. The molecule has 1 fully saturated rings. The van der Waals surface area contributed by atoms with Gasteiger partial charge in [0.2, 0.25) is 0 Å². The molecular formula is C22H26FN2O3+. The lowest BCUT2D eigenvalue weighted by molar-refractivity contribution is -0.910. The van der Waals surface area contributed by atoms with Gasteiger partial charge in [-0.15, -0.1) is 0 Å². The van der Waals surface area contributed by atoms with E-state index in [4.69, 9.17) is 9.47 Å². The van der Waals surface area contributed by atoms with Gasteiger partial charge in [0.1, 0.15) is 25.1 Å². The Morgan fingerprint density at radius 1 is 1.14 bits per heavy atom. The number of halogens is 1. The van der Waals surface area contributed by atoms with Crippen LogP contribution >= 0.6 is 0 Å². The third kappa shape index (κ3) is 4.28. The zero-order chi connectivity index (χ0) is 19.3. The first kappa shape index (κ1) is 18.7. The van der Waals surface area contributed by atoms with Crippen LogP contribution in [0.4, 0.5) is 4.39 Å². The van der Waals surface area contributed by atoms with E-state index in [1.54, 1.807) is 12.1 Å². The average Bonchev–Trinajstić information content (AvgIpc) is 3.17. The molecule has 0 bridgehead atoms. The van der Waals surface area contributed by atoms with Crippen LogP contribution in [0.15, 0.2) is 42.5 Å². The number of likely N-dealkylation sites (tertiary alicyclic amines) is 1. The van der Waals surface area contributed by atoms with Gasteiger partial charge in [-0.3, -0.25) is 4.79 Å². The van der Waals surface area contributed by atoms with E-state index in [0.717, 1.165) is 30.9 Å². The van der Waals surface area contributed by atoms with Crippen molar-refractivity contribution in [2.75, 3.05) is 32.8 Å². The van der Waals surface area contributed by atoms with Gasteiger partial charge in [0, 0.05) is 24.9 Å². The lowest BCUT2D eigenvalue weighted by Gasteiger charge is -2.24. The first-order valence-electron chi connectivity index (χ1n) is 9.95. The summed E-state index contributed by atoms with van der Waals surface area (Å²) in [6.45, 7) is 3.00. The highest BCUT2D eigenvalue weighted by Crippen LogP contribution is 2.33. The highest BCUT2D eigenvalue weighted by Gasteiger charge is 2.32. The molecule has 1 unspecified atom stereocenters. The van der Waals surface area contributed by atoms with E-state index in [1.165, 1.54) is 16.5 Å². The summed E-state index contributed by atoms with van der Waals surface area (Å²) < 4.78 is 25.0. The quantitative estimate of drug-likeness (QED) is 0.796. The zero-order valence-corrected chi connectivity index (χ0v) is 15.9. The Kier molecular flexibility index (Phi) is 5.76. The van der Waals surface area contributed by atoms with Crippen molar-refractivity contribution < 1.29 is 23.6 Å². The smallest absolute Gasteiger partial charge is 0.275 e. The Balaban J connectivity index is 1.32. The highest BCUT2D eigenvalue weighted by atomic mass is 19.1. The molecule has 2 N–H and O–H groups in total. The molecule has 0 radical (unpaired) electrons. The SMILES string of the molecule is O=C(C[NH+]1CCC[C@@H]1c1ccc2c(c1)OCCO2)NCCc1ccccc1F. The van der Waals surface area contributed by atoms with Gasteiger partial charge in [0.05, 0.1) is 6.54 Å². The summed E-state index contributed by atoms with van der Waals surface area (Å²) in [5, 5.41) is 2.94. The fraction of sp³-hybridized carbons (Fsp3) is 0.409. The van der Waals surface area contributed by atoms with Gasteiger partial charge in [0.25, 0.3) is 5.91 Å². The second kappa shape index (κ2) is 8.61. The number of carbonyl (C=O) groups excluding carboxylic acids is 1. The Bertz CT molecular complexity index is 842. The molecule has 148 valence electrons. The van der Waals surface area contributed by atoms with Crippen molar-refractivity contribution >= 4 is 5.91 Å². The maximum atomic E-state index is 13.7. The summed E-state index contributed by atoms with van der Waals surface area (Å²) in [6.07, 6.45) is 2.65. The molecule has 1 saturated heterocycles. The molecule has 2 aliphatic rings. The molecule has 2 atom stereocenters. The van der Waals surface area contributed by atoms with Crippen LogP contribution in [0, 0.1) is 5.82 Å². The topological polar surface area (TPSA) is 52.0 Å². The second-order valence-electron chi connectivity index (χ2n) is 7.37. The number of rotatable bonds is 6. The molecule has 28 heavy (non-hydrogen) atoms. The third-order valence-electron chi connectivity index (χ3n) is 5.51. The largest absolute Gasteiger partial charge is 0.486 e. The van der Waals surface area contributed by atoms with E-state index < -0.39 is 0 Å². The summed E-state index contributed by atoms with van der Waals surface area (Å²) in [5.41, 5.74) is 1.82. The van der Waals surface area contributed by atoms with E-state index in [2.05, 4.69) is 17.4 Å². The molecule has 2 heterocycles. The van der Waals surface area contributed by atoms with Gasteiger partial charge < -0.3 is 19.7 Å². The van der Waals surface area contributed by atoms with E-state index >= 15 is 0 Å². The summed E-state index contributed by atoms with van der Waals surface area (Å²) in [4.78, 5) is 13.7. The van der Waals surface area contributed by atoms with Crippen LogP contribution < -0.4 is 19.7 Å².